The largest absolute Gasteiger partial charge is 0.496 e. The molecule has 3 unspecified atom stereocenters. The Morgan fingerprint density at radius 3 is 2.47 bits per heavy atom. The highest BCUT2D eigenvalue weighted by atomic mass is 16.6. The monoisotopic (exact) mass is 234 g/mol. The third-order valence-electron chi connectivity index (χ3n) is 3.95. The third kappa shape index (κ3) is 2.47. The first kappa shape index (κ1) is 12.4. The summed E-state index contributed by atoms with van der Waals surface area (Å²) in [5.74, 6) is 1.53. The van der Waals surface area contributed by atoms with Gasteiger partial charge in [-0.1, -0.05) is 13.0 Å². The van der Waals surface area contributed by atoms with Gasteiger partial charge >= 0.3 is 0 Å². The van der Waals surface area contributed by atoms with Gasteiger partial charge in [0.15, 0.2) is 0 Å². The molecule has 94 valence electrons. The van der Waals surface area contributed by atoms with E-state index in [0.717, 1.165) is 12.2 Å². The lowest BCUT2D eigenvalue weighted by Crippen LogP contribution is -2.04. The van der Waals surface area contributed by atoms with Crippen LogP contribution < -0.4 is 4.74 Å². The Balaban J connectivity index is 2.17. The predicted octanol–water partition coefficient (Wildman–Crippen LogP) is 3.59. The second-order valence-electron chi connectivity index (χ2n) is 5.12. The average molecular weight is 234 g/mol. The minimum Gasteiger partial charge on any atom is -0.496 e. The number of hydrogen-bond donors (Lipinski definition) is 0. The molecule has 2 nitrogen and oxygen atoms in total. The molecular weight excluding hydrogens is 212 g/mol. The van der Waals surface area contributed by atoms with Gasteiger partial charge in [-0.15, -0.1) is 0 Å². The van der Waals surface area contributed by atoms with Gasteiger partial charge in [0.2, 0.25) is 0 Å². The zero-order valence-electron chi connectivity index (χ0n) is 11.4. The topological polar surface area (TPSA) is 21.8 Å². The molecule has 0 amide bonds. The molecule has 0 saturated carbocycles. The smallest absolute Gasteiger partial charge is 0.122 e. The molecule has 0 aliphatic carbocycles. The van der Waals surface area contributed by atoms with Gasteiger partial charge < -0.3 is 9.47 Å². The number of methoxy groups -OCH3 is 1. The van der Waals surface area contributed by atoms with Crippen molar-refractivity contribution in [2.24, 2.45) is 0 Å². The Bertz CT molecular complexity index is 412. The molecular formula is C15H22O2. The van der Waals surface area contributed by atoms with E-state index in [0.29, 0.717) is 18.1 Å². The number of benzene rings is 1. The third-order valence-corrected chi connectivity index (χ3v) is 3.95. The highest BCUT2D eigenvalue weighted by Crippen LogP contribution is 2.35. The molecule has 1 fully saturated rings. The van der Waals surface area contributed by atoms with Crippen molar-refractivity contribution in [3.63, 3.8) is 0 Å². The number of epoxide rings is 1. The van der Waals surface area contributed by atoms with E-state index in [-0.39, 0.29) is 0 Å². The zero-order chi connectivity index (χ0) is 12.6. The fourth-order valence-electron chi connectivity index (χ4n) is 2.52. The number of hydrogen-bond acceptors (Lipinski definition) is 2. The maximum absolute atomic E-state index is 5.50. The van der Waals surface area contributed by atoms with Crippen molar-refractivity contribution in [1.82, 2.24) is 0 Å². The second kappa shape index (κ2) is 4.69. The Kier molecular flexibility index (Phi) is 3.43. The summed E-state index contributed by atoms with van der Waals surface area (Å²) in [5.41, 5.74) is 4.03. The summed E-state index contributed by atoms with van der Waals surface area (Å²) in [7, 11) is 1.73. The van der Waals surface area contributed by atoms with Crippen molar-refractivity contribution < 1.29 is 9.47 Å². The van der Waals surface area contributed by atoms with Crippen molar-refractivity contribution in [3.8, 4) is 5.75 Å². The molecule has 3 atom stereocenters. The quantitative estimate of drug-likeness (QED) is 0.743. The van der Waals surface area contributed by atoms with E-state index >= 15 is 0 Å². The second-order valence-corrected chi connectivity index (χ2v) is 5.12. The first-order valence-corrected chi connectivity index (χ1v) is 6.34. The van der Waals surface area contributed by atoms with Gasteiger partial charge in [0, 0.05) is 0 Å². The minimum atomic E-state index is 0.456. The van der Waals surface area contributed by atoms with Crippen molar-refractivity contribution in [2.45, 2.75) is 52.2 Å². The Labute approximate surface area is 104 Å². The summed E-state index contributed by atoms with van der Waals surface area (Å²) in [6.07, 6.45) is 2.04. The molecule has 0 aromatic heterocycles. The van der Waals surface area contributed by atoms with Crippen LogP contribution >= 0.6 is 0 Å². The molecule has 0 radical (unpaired) electrons. The first-order valence-electron chi connectivity index (χ1n) is 6.34. The van der Waals surface area contributed by atoms with Gasteiger partial charge in [0.25, 0.3) is 0 Å². The molecule has 17 heavy (non-hydrogen) atoms. The van der Waals surface area contributed by atoms with Gasteiger partial charge in [-0.3, -0.25) is 0 Å². The highest BCUT2D eigenvalue weighted by molar-refractivity contribution is 5.44. The fraction of sp³-hybridized carbons (Fsp3) is 0.600. The summed E-state index contributed by atoms with van der Waals surface area (Å²) in [6, 6.07) is 4.27. The molecule has 2 heteroatoms. The van der Waals surface area contributed by atoms with E-state index < -0.39 is 0 Å². The van der Waals surface area contributed by atoms with Crippen LogP contribution in [0.1, 0.15) is 42.9 Å². The highest BCUT2D eigenvalue weighted by Gasteiger charge is 2.35. The van der Waals surface area contributed by atoms with Crippen LogP contribution in [-0.4, -0.2) is 19.3 Å². The molecule has 1 aromatic carbocycles. The molecule has 1 aromatic rings. The van der Waals surface area contributed by atoms with Crippen LogP contribution in [0, 0.1) is 13.8 Å². The lowest BCUT2D eigenvalue weighted by molar-refractivity contribution is 0.362. The maximum atomic E-state index is 5.50. The van der Waals surface area contributed by atoms with Crippen LogP contribution in [0.25, 0.3) is 0 Å². The van der Waals surface area contributed by atoms with E-state index in [9.17, 15) is 0 Å². The van der Waals surface area contributed by atoms with Crippen LogP contribution in [-0.2, 0) is 4.74 Å². The van der Waals surface area contributed by atoms with E-state index in [1.165, 1.54) is 16.7 Å². The summed E-state index contributed by atoms with van der Waals surface area (Å²) in [6.45, 7) is 8.73. The molecule has 1 heterocycles. The van der Waals surface area contributed by atoms with Gasteiger partial charge in [-0.05, 0) is 55.9 Å². The first-order chi connectivity index (χ1) is 8.04. The predicted molar refractivity (Wildman–Crippen MR) is 69.8 cm³/mol. The standard InChI is InChI=1S/C15H22O2/c1-9(8-15-12(4)17-15)13-6-7-14(16-5)11(3)10(13)2/h6-7,9,12,15H,8H2,1-5H3. The van der Waals surface area contributed by atoms with Crippen LogP contribution in [0.15, 0.2) is 12.1 Å². The zero-order valence-corrected chi connectivity index (χ0v) is 11.4. The normalized spacial score (nSPS) is 24.5. The minimum absolute atomic E-state index is 0.456. The van der Waals surface area contributed by atoms with Crippen molar-refractivity contribution >= 4 is 0 Å². The van der Waals surface area contributed by atoms with Crippen molar-refractivity contribution in [3.05, 3.63) is 28.8 Å². The molecule has 0 spiro atoms. The average Bonchev–Trinajstić information content (AvgIpc) is 2.98. The SMILES string of the molecule is COc1ccc(C(C)CC2OC2C)c(C)c1C. The van der Waals surface area contributed by atoms with Crippen LogP contribution in [0.5, 0.6) is 5.75 Å². The van der Waals surface area contributed by atoms with E-state index in [2.05, 4.69) is 39.8 Å². The molecule has 1 aliphatic heterocycles. The van der Waals surface area contributed by atoms with Gasteiger partial charge in [-0.2, -0.15) is 0 Å². The number of ether oxygens (including phenoxy) is 2. The summed E-state index contributed by atoms with van der Waals surface area (Å²) >= 11 is 0. The van der Waals surface area contributed by atoms with Gasteiger partial charge in [0.1, 0.15) is 5.75 Å². The van der Waals surface area contributed by atoms with Crippen LogP contribution in [0.3, 0.4) is 0 Å². The molecule has 1 aliphatic rings. The molecule has 1 saturated heterocycles. The summed E-state index contributed by atoms with van der Waals surface area (Å²) < 4.78 is 10.8. The van der Waals surface area contributed by atoms with Gasteiger partial charge in [0.05, 0.1) is 19.3 Å². The van der Waals surface area contributed by atoms with E-state index in [1.54, 1.807) is 7.11 Å². The van der Waals surface area contributed by atoms with Crippen LogP contribution in [0.4, 0.5) is 0 Å². The van der Waals surface area contributed by atoms with Crippen molar-refractivity contribution in [1.29, 1.82) is 0 Å². The molecule has 0 bridgehead atoms. The lowest BCUT2D eigenvalue weighted by Gasteiger charge is -2.17. The maximum Gasteiger partial charge on any atom is 0.122 e. The van der Waals surface area contributed by atoms with Gasteiger partial charge in [-0.25, -0.2) is 0 Å². The fourth-order valence-corrected chi connectivity index (χ4v) is 2.52. The van der Waals surface area contributed by atoms with Crippen molar-refractivity contribution in [2.75, 3.05) is 7.11 Å². The molecule has 0 N–H and O–H groups in total. The summed E-state index contributed by atoms with van der Waals surface area (Å²) in [5, 5.41) is 0. The lowest BCUT2D eigenvalue weighted by atomic mass is 9.89. The Morgan fingerprint density at radius 1 is 1.29 bits per heavy atom. The van der Waals surface area contributed by atoms with E-state index in [1.807, 2.05) is 0 Å². The summed E-state index contributed by atoms with van der Waals surface area (Å²) in [4.78, 5) is 0. The Hall–Kier alpha value is -1.02. The Morgan fingerprint density at radius 2 is 1.94 bits per heavy atom. The van der Waals surface area contributed by atoms with E-state index in [4.69, 9.17) is 9.47 Å². The number of rotatable bonds is 4. The molecule has 2 rings (SSSR count). The van der Waals surface area contributed by atoms with Crippen LogP contribution in [0.2, 0.25) is 0 Å².